The first-order chi connectivity index (χ1) is 8.41. The lowest BCUT2D eigenvalue weighted by molar-refractivity contribution is -0.150. The van der Waals surface area contributed by atoms with Gasteiger partial charge in [-0.2, -0.15) is 0 Å². The summed E-state index contributed by atoms with van der Waals surface area (Å²) in [5.41, 5.74) is -0.983. The second-order valence-corrected chi connectivity index (χ2v) is 6.13. The number of aldehydes is 1. The molecule has 2 rings (SSSR count). The van der Waals surface area contributed by atoms with Crippen molar-refractivity contribution < 1.29 is 19.4 Å². The molecule has 0 aromatic rings. The highest BCUT2D eigenvalue weighted by molar-refractivity contribution is 5.65. The summed E-state index contributed by atoms with van der Waals surface area (Å²) in [7, 11) is 0. The number of hydrogen-bond acceptors (Lipinski definition) is 4. The van der Waals surface area contributed by atoms with Crippen molar-refractivity contribution in [2.24, 2.45) is 17.3 Å². The van der Waals surface area contributed by atoms with Crippen molar-refractivity contribution in [1.29, 1.82) is 0 Å². The van der Waals surface area contributed by atoms with E-state index in [0.29, 0.717) is 19.4 Å². The Morgan fingerprint density at radius 2 is 2.17 bits per heavy atom. The van der Waals surface area contributed by atoms with E-state index in [-0.39, 0.29) is 23.2 Å². The number of esters is 1. The van der Waals surface area contributed by atoms with Crippen LogP contribution in [0.3, 0.4) is 0 Å². The maximum atomic E-state index is 10.9. The first-order valence-corrected chi connectivity index (χ1v) is 6.72. The fourth-order valence-electron chi connectivity index (χ4n) is 3.79. The molecule has 2 aliphatic rings. The van der Waals surface area contributed by atoms with Gasteiger partial charge in [-0.25, -0.2) is 0 Å². The molecule has 4 heteroatoms. The lowest BCUT2D eigenvalue weighted by Crippen LogP contribution is -2.50. The molecule has 2 saturated carbocycles. The smallest absolute Gasteiger partial charge is 0.302 e. The molecule has 2 fully saturated rings. The third-order valence-electron chi connectivity index (χ3n) is 5.19. The third kappa shape index (κ3) is 2.07. The van der Waals surface area contributed by atoms with Gasteiger partial charge in [0.25, 0.3) is 0 Å². The second kappa shape index (κ2) is 4.65. The summed E-state index contributed by atoms with van der Waals surface area (Å²) in [5.74, 6) is -0.0785. The van der Waals surface area contributed by atoms with E-state index >= 15 is 0 Å². The Balaban J connectivity index is 2.11. The molecular weight excluding hydrogens is 232 g/mol. The SMILES string of the molecule is CC(=O)OC[C@H]1CC[C@]2(O)C[C@@H](C=O)CC[C@]12C. The molecule has 4 nitrogen and oxygen atoms in total. The zero-order valence-electron chi connectivity index (χ0n) is 11.1. The molecule has 0 aliphatic heterocycles. The second-order valence-electron chi connectivity index (χ2n) is 6.13. The number of hydrogen-bond donors (Lipinski definition) is 1. The normalized spacial score (nSPS) is 43.3. The van der Waals surface area contributed by atoms with Crippen molar-refractivity contribution in [2.45, 2.75) is 51.6 Å². The zero-order valence-corrected chi connectivity index (χ0v) is 11.1. The van der Waals surface area contributed by atoms with Crippen LogP contribution in [0.2, 0.25) is 0 Å². The predicted octanol–water partition coefficient (Wildman–Crippen LogP) is 1.70. The van der Waals surface area contributed by atoms with Gasteiger partial charge in [-0.15, -0.1) is 0 Å². The summed E-state index contributed by atoms with van der Waals surface area (Å²) in [6.07, 6.45) is 4.77. The highest BCUT2D eigenvalue weighted by atomic mass is 16.5. The number of ether oxygens (including phenoxy) is 1. The van der Waals surface area contributed by atoms with Gasteiger partial charge >= 0.3 is 5.97 Å². The van der Waals surface area contributed by atoms with Crippen LogP contribution in [0.1, 0.15) is 46.0 Å². The van der Waals surface area contributed by atoms with E-state index in [1.54, 1.807) is 0 Å². The quantitative estimate of drug-likeness (QED) is 0.615. The zero-order chi connectivity index (χ0) is 13.4. The minimum absolute atomic E-state index is 0.0180. The average Bonchev–Trinajstić information content (AvgIpc) is 2.58. The van der Waals surface area contributed by atoms with Crippen LogP contribution in [0.4, 0.5) is 0 Å². The lowest BCUT2D eigenvalue weighted by atomic mass is 9.60. The van der Waals surface area contributed by atoms with E-state index in [1.165, 1.54) is 6.92 Å². The van der Waals surface area contributed by atoms with Crippen molar-refractivity contribution in [3.8, 4) is 0 Å². The van der Waals surface area contributed by atoms with Gasteiger partial charge in [-0.3, -0.25) is 4.79 Å². The number of carbonyl (C=O) groups excluding carboxylic acids is 2. The Morgan fingerprint density at radius 3 is 2.78 bits per heavy atom. The van der Waals surface area contributed by atoms with Crippen LogP contribution in [-0.4, -0.2) is 29.6 Å². The van der Waals surface area contributed by atoms with Crippen LogP contribution < -0.4 is 0 Å². The topological polar surface area (TPSA) is 63.6 Å². The van der Waals surface area contributed by atoms with Crippen molar-refractivity contribution in [1.82, 2.24) is 0 Å². The molecule has 102 valence electrons. The standard InChI is InChI=1S/C14H22O4/c1-10(16)18-9-12-4-6-14(17)7-11(8-15)3-5-13(12,14)2/h8,11-12,17H,3-7,9H2,1-2H3/t11-,12+,13+,14-/m0/s1. The third-order valence-corrected chi connectivity index (χ3v) is 5.19. The van der Waals surface area contributed by atoms with Crippen molar-refractivity contribution >= 4 is 12.3 Å². The molecule has 0 heterocycles. The molecule has 0 radical (unpaired) electrons. The molecule has 0 saturated heterocycles. The fourth-order valence-corrected chi connectivity index (χ4v) is 3.79. The first-order valence-electron chi connectivity index (χ1n) is 6.72. The molecule has 0 spiro atoms. The van der Waals surface area contributed by atoms with Gasteiger partial charge < -0.3 is 14.6 Å². The van der Waals surface area contributed by atoms with Gasteiger partial charge in [-0.1, -0.05) is 6.92 Å². The Hall–Kier alpha value is -0.900. The van der Waals surface area contributed by atoms with Crippen LogP contribution in [0.15, 0.2) is 0 Å². The number of aliphatic hydroxyl groups is 1. The van der Waals surface area contributed by atoms with Gasteiger partial charge in [0, 0.05) is 24.2 Å². The Morgan fingerprint density at radius 1 is 1.44 bits per heavy atom. The van der Waals surface area contributed by atoms with Crippen molar-refractivity contribution in [2.75, 3.05) is 6.61 Å². The van der Waals surface area contributed by atoms with Gasteiger partial charge in [0.2, 0.25) is 0 Å². The molecule has 0 unspecified atom stereocenters. The summed E-state index contributed by atoms with van der Waals surface area (Å²) < 4.78 is 5.12. The predicted molar refractivity (Wildman–Crippen MR) is 65.8 cm³/mol. The van der Waals surface area contributed by atoms with Crippen LogP contribution in [0.25, 0.3) is 0 Å². The molecule has 2 aliphatic carbocycles. The minimum Gasteiger partial charge on any atom is -0.466 e. The fraction of sp³-hybridized carbons (Fsp3) is 0.857. The maximum Gasteiger partial charge on any atom is 0.302 e. The van der Waals surface area contributed by atoms with Gasteiger partial charge in [0.15, 0.2) is 0 Å². The summed E-state index contributed by atoms with van der Waals surface area (Å²) in [6, 6.07) is 0. The number of rotatable bonds is 3. The van der Waals surface area contributed by atoms with Gasteiger partial charge in [0.1, 0.15) is 6.29 Å². The molecule has 1 N–H and O–H groups in total. The lowest BCUT2D eigenvalue weighted by Gasteiger charge is -2.48. The summed E-state index contributed by atoms with van der Waals surface area (Å²) in [4.78, 5) is 21.8. The van der Waals surface area contributed by atoms with Gasteiger partial charge in [-0.05, 0) is 32.1 Å². The molecule has 4 atom stereocenters. The van der Waals surface area contributed by atoms with E-state index in [4.69, 9.17) is 4.74 Å². The summed E-state index contributed by atoms with van der Waals surface area (Å²) in [5, 5.41) is 10.8. The monoisotopic (exact) mass is 254 g/mol. The number of fused-ring (bicyclic) bond motifs is 1. The van der Waals surface area contributed by atoms with Crippen LogP contribution in [-0.2, 0) is 14.3 Å². The molecule has 0 aromatic heterocycles. The largest absolute Gasteiger partial charge is 0.466 e. The van der Waals surface area contributed by atoms with Crippen LogP contribution in [0.5, 0.6) is 0 Å². The summed E-state index contributed by atoms with van der Waals surface area (Å²) in [6.45, 7) is 3.88. The Kier molecular flexibility index (Phi) is 3.49. The van der Waals surface area contributed by atoms with Crippen molar-refractivity contribution in [3.63, 3.8) is 0 Å². The van der Waals surface area contributed by atoms with E-state index < -0.39 is 5.60 Å². The highest BCUT2D eigenvalue weighted by Crippen LogP contribution is 2.58. The van der Waals surface area contributed by atoms with Gasteiger partial charge in [0.05, 0.1) is 12.2 Å². The molecule has 0 bridgehead atoms. The molecular formula is C14H22O4. The first kappa shape index (κ1) is 13.5. The van der Waals surface area contributed by atoms with E-state index in [9.17, 15) is 14.7 Å². The van der Waals surface area contributed by atoms with E-state index in [0.717, 1.165) is 25.5 Å². The van der Waals surface area contributed by atoms with E-state index in [2.05, 4.69) is 6.92 Å². The minimum atomic E-state index is -0.762. The van der Waals surface area contributed by atoms with Crippen LogP contribution >= 0.6 is 0 Å². The van der Waals surface area contributed by atoms with Crippen molar-refractivity contribution in [3.05, 3.63) is 0 Å². The Bertz CT molecular complexity index is 354. The molecule has 0 amide bonds. The molecule has 18 heavy (non-hydrogen) atoms. The summed E-state index contributed by atoms with van der Waals surface area (Å²) >= 11 is 0. The average molecular weight is 254 g/mol. The highest BCUT2D eigenvalue weighted by Gasteiger charge is 2.58. The number of carbonyl (C=O) groups is 2. The Labute approximate surface area is 108 Å². The maximum absolute atomic E-state index is 10.9. The molecule has 0 aromatic carbocycles. The van der Waals surface area contributed by atoms with E-state index in [1.807, 2.05) is 0 Å². The van der Waals surface area contributed by atoms with Crippen LogP contribution in [0, 0.1) is 17.3 Å².